The maximum atomic E-state index is 14.9. The van der Waals surface area contributed by atoms with E-state index in [1.807, 2.05) is 50.2 Å². The first-order valence-electron chi connectivity index (χ1n) is 11.0. The average molecular weight is 520 g/mol. The van der Waals surface area contributed by atoms with E-state index >= 15 is 0 Å². The number of aromatic nitrogens is 3. The van der Waals surface area contributed by atoms with Gasteiger partial charge in [0.2, 0.25) is 0 Å². The molecule has 5 aromatic rings. The molecule has 0 saturated carbocycles. The Morgan fingerprint density at radius 2 is 1.69 bits per heavy atom. The van der Waals surface area contributed by atoms with Crippen molar-refractivity contribution in [1.29, 1.82) is 0 Å². The zero-order valence-corrected chi connectivity index (χ0v) is 21.9. The number of hydrogen-bond acceptors (Lipinski definition) is 5. The first-order valence-corrected chi connectivity index (χ1v) is 13.2. The van der Waals surface area contributed by atoms with Crippen LogP contribution >= 0.6 is 35.3 Å². The molecule has 3 aromatic carbocycles. The van der Waals surface area contributed by atoms with E-state index in [9.17, 15) is 9.18 Å². The van der Waals surface area contributed by atoms with Crippen molar-refractivity contribution in [3.8, 4) is 11.4 Å². The Morgan fingerprint density at radius 3 is 2.43 bits per heavy atom. The van der Waals surface area contributed by atoms with Crippen LogP contribution < -0.4 is 5.56 Å². The van der Waals surface area contributed by atoms with Gasteiger partial charge in [0.15, 0.2) is 14.8 Å². The lowest BCUT2D eigenvalue weighted by Crippen LogP contribution is -2.21. The van der Waals surface area contributed by atoms with Crippen molar-refractivity contribution >= 4 is 45.7 Å². The minimum atomic E-state index is -0.412. The van der Waals surface area contributed by atoms with Gasteiger partial charge in [0.25, 0.3) is 5.56 Å². The maximum Gasteiger partial charge on any atom is 0.278 e. The van der Waals surface area contributed by atoms with Crippen LogP contribution in [0.5, 0.6) is 0 Å². The molecule has 0 spiro atoms. The minimum Gasteiger partial charge on any atom is -0.272 e. The van der Waals surface area contributed by atoms with E-state index in [1.165, 1.54) is 23.4 Å². The van der Waals surface area contributed by atoms with Crippen LogP contribution in [0, 0.1) is 30.5 Å². The highest BCUT2D eigenvalue weighted by atomic mass is 32.2. The summed E-state index contributed by atoms with van der Waals surface area (Å²) in [5, 5.41) is 0.532. The Kier molecular flexibility index (Phi) is 6.44. The number of halogens is 1. The van der Waals surface area contributed by atoms with E-state index in [0.29, 0.717) is 30.9 Å². The van der Waals surface area contributed by atoms with Gasteiger partial charge < -0.3 is 0 Å². The molecule has 8 heteroatoms. The summed E-state index contributed by atoms with van der Waals surface area (Å²) in [6.45, 7) is 5.96. The lowest BCUT2D eigenvalue weighted by molar-refractivity contribution is 0.618. The summed E-state index contributed by atoms with van der Waals surface area (Å²) in [5.74, 6) is 0.227. The number of rotatable bonds is 5. The summed E-state index contributed by atoms with van der Waals surface area (Å²) < 4.78 is 18.9. The summed E-state index contributed by atoms with van der Waals surface area (Å²) in [7, 11) is 0. The molecule has 2 aromatic heterocycles. The zero-order valence-electron chi connectivity index (χ0n) is 19.4. The number of nitrogens with zero attached hydrogens (tertiary/aromatic N) is 3. The standard InChI is InChI=1S/C27H22FN3OS3/c1-16-8-11-20(12-9-16)30-25(32)23-24(29-26(30)34-15-19-7-5-4-6-18(19)3)31(27(33)35-23)22-14-17(2)10-13-21(22)28/h4-14H,15H2,1-3H3. The third-order valence-corrected chi connectivity index (χ3v) is 8.17. The molecule has 0 atom stereocenters. The molecule has 5 rings (SSSR count). The van der Waals surface area contributed by atoms with Gasteiger partial charge in [-0.1, -0.05) is 71.1 Å². The van der Waals surface area contributed by atoms with E-state index in [0.717, 1.165) is 33.7 Å². The Balaban J connectivity index is 1.76. The van der Waals surface area contributed by atoms with Gasteiger partial charge in [0.1, 0.15) is 10.5 Å². The number of thiazole rings is 1. The van der Waals surface area contributed by atoms with Crippen molar-refractivity contribution in [2.24, 2.45) is 0 Å². The molecule has 0 amide bonds. The van der Waals surface area contributed by atoms with Crippen LogP contribution in [0.2, 0.25) is 0 Å². The predicted octanol–water partition coefficient (Wildman–Crippen LogP) is 7.32. The van der Waals surface area contributed by atoms with E-state index < -0.39 is 5.82 Å². The normalized spacial score (nSPS) is 11.3. The second-order valence-corrected chi connectivity index (χ2v) is 11.0. The third kappa shape index (κ3) is 4.49. The molecule has 0 aliphatic rings. The summed E-state index contributed by atoms with van der Waals surface area (Å²) in [4.78, 5) is 18.7. The Hall–Kier alpha value is -3.07. The molecule has 0 aliphatic carbocycles. The summed E-state index contributed by atoms with van der Waals surface area (Å²) in [6.07, 6.45) is 0. The van der Waals surface area contributed by atoms with Crippen LogP contribution in [0.15, 0.2) is 76.7 Å². The van der Waals surface area contributed by atoms with E-state index in [4.69, 9.17) is 17.2 Å². The van der Waals surface area contributed by atoms with Crippen LogP contribution in [0.4, 0.5) is 4.39 Å². The van der Waals surface area contributed by atoms with Crippen LogP contribution in [0.3, 0.4) is 0 Å². The molecular formula is C27H22FN3OS3. The average Bonchev–Trinajstić information content (AvgIpc) is 3.17. The van der Waals surface area contributed by atoms with Gasteiger partial charge in [-0.15, -0.1) is 0 Å². The molecule has 0 unspecified atom stereocenters. The van der Waals surface area contributed by atoms with Crippen LogP contribution in [-0.4, -0.2) is 14.1 Å². The molecule has 0 fully saturated rings. The molecule has 0 saturated heterocycles. The first kappa shape index (κ1) is 23.7. The van der Waals surface area contributed by atoms with Gasteiger partial charge in [0.05, 0.1) is 11.4 Å². The number of benzene rings is 3. The highest BCUT2D eigenvalue weighted by Gasteiger charge is 2.20. The van der Waals surface area contributed by atoms with Crippen molar-refractivity contribution < 1.29 is 4.39 Å². The molecule has 35 heavy (non-hydrogen) atoms. The summed E-state index contributed by atoms with van der Waals surface area (Å²) >= 11 is 8.23. The lowest BCUT2D eigenvalue weighted by Gasteiger charge is -2.14. The molecule has 176 valence electrons. The topological polar surface area (TPSA) is 39.8 Å². The van der Waals surface area contributed by atoms with Crippen LogP contribution in [0.25, 0.3) is 21.7 Å². The smallest absolute Gasteiger partial charge is 0.272 e. The van der Waals surface area contributed by atoms with Crippen molar-refractivity contribution in [2.45, 2.75) is 31.7 Å². The van der Waals surface area contributed by atoms with Gasteiger partial charge in [-0.3, -0.25) is 13.9 Å². The van der Waals surface area contributed by atoms with Gasteiger partial charge >= 0.3 is 0 Å². The van der Waals surface area contributed by atoms with Gasteiger partial charge in [-0.2, -0.15) is 0 Å². The monoisotopic (exact) mass is 519 g/mol. The Morgan fingerprint density at radius 1 is 0.971 bits per heavy atom. The van der Waals surface area contributed by atoms with E-state index in [1.54, 1.807) is 21.3 Å². The largest absolute Gasteiger partial charge is 0.278 e. The lowest BCUT2D eigenvalue weighted by atomic mass is 10.1. The summed E-state index contributed by atoms with van der Waals surface area (Å²) in [5.41, 5.74) is 5.52. The fourth-order valence-corrected chi connectivity index (χ4v) is 6.24. The first-order chi connectivity index (χ1) is 16.8. The molecule has 0 N–H and O–H groups in total. The maximum absolute atomic E-state index is 14.9. The Bertz CT molecular complexity index is 1680. The van der Waals surface area contributed by atoms with Gasteiger partial charge in [-0.05, 0) is 73.9 Å². The summed E-state index contributed by atoms with van der Waals surface area (Å²) in [6, 6.07) is 20.8. The highest BCUT2D eigenvalue weighted by molar-refractivity contribution is 7.98. The van der Waals surface area contributed by atoms with E-state index in [2.05, 4.69) is 19.1 Å². The minimum absolute atomic E-state index is 0.214. The molecular weight excluding hydrogens is 498 g/mol. The second kappa shape index (κ2) is 9.53. The fourth-order valence-electron chi connectivity index (χ4n) is 3.87. The van der Waals surface area contributed by atoms with Crippen molar-refractivity contribution in [1.82, 2.24) is 14.1 Å². The van der Waals surface area contributed by atoms with Crippen molar-refractivity contribution in [2.75, 3.05) is 0 Å². The Labute approximate surface area is 215 Å². The molecule has 2 heterocycles. The quantitative estimate of drug-likeness (QED) is 0.139. The van der Waals surface area contributed by atoms with Crippen LogP contribution in [-0.2, 0) is 5.75 Å². The highest BCUT2D eigenvalue weighted by Crippen LogP contribution is 2.30. The fraction of sp³-hybridized carbons (Fsp3) is 0.148. The number of fused-ring (bicyclic) bond motifs is 1. The SMILES string of the molecule is Cc1ccc(-n2c(SCc3ccccc3C)nc3c(sc(=S)n3-c3cc(C)ccc3F)c2=O)cc1. The van der Waals surface area contributed by atoms with Gasteiger partial charge in [0, 0.05) is 5.75 Å². The molecule has 0 aliphatic heterocycles. The predicted molar refractivity (Wildman–Crippen MR) is 146 cm³/mol. The van der Waals surface area contributed by atoms with Crippen molar-refractivity contribution in [3.05, 3.63) is 109 Å². The van der Waals surface area contributed by atoms with Crippen LogP contribution in [0.1, 0.15) is 22.3 Å². The van der Waals surface area contributed by atoms with Gasteiger partial charge in [-0.25, -0.2) is 9.37 Å². The third-order valence-electron chi connectivity index (χ3n) is 5.83. The van der Waals surface area contributed by atoms with Crippen molar-refractivity contribution in [3.63, 3.8) is 0 Å². The molecule has 4 nitrogen and oxygen atoms in total. The van der Waals surface area contributed by atoms with E-state index in [-0.39, 0.29) is 5.56 Å². The molecule has 0 bridgehead atoms. The number of aryl methyl sites for hydroxylation is 3. The molecule has 0 radical (unpaired) electrons. The number of thioether (sulfide) groups is 1. The second-order valence-electron chi connectivity index (χ2n) is 8.40. The number of hydrogen-bond donors (Lipinski definition) is 0. The zero-order chi connectivity index (χ0) is 24.7.